The Morgan fingerprint density at radius 2 is 1.47 bits per heavy atom. The molecule has 0 fully saturated rings. The number of anilines is 1. The number of methoxy groups -OCH3 is 1. The van der Waals surface area contributed by atoms with Crippen molar-refractivity contribution in [1.82, 2.24) is 10.2 Å². The summed E-state index contributed by atoms with van der Waals surface area (Å²) in [5.41, 5.74) is 2.87. The van der Waals surface area contributed by atoms with Crippen molar-refractivity contribution in [2.75, 3.05) is 18.0 Å². The molecular formula is C36H41N3O5S. The van der Waals surface area contributed by atoms with Gasteiger partial charge in [-0.25, -0.2) is 8.42 Å². The molecule has 4 rings (SSSR count). The first-order chi connectivity index (χ1) is 21.6. The highest BCUT2D eigenvalue weighted by Gasteiger charge is 2.35. The first-order valence-corrected chi connectivity index (χ1v) is 16.5. The van der Waals surface area contributed by atoms with Crippen LogP contribution in [0.25, 0.3) is 0 Å². The zero-order chi connectivity index (χ0) is 32.4. The number of carbonyl (C=O) groups excluding carboxylic acids is 2. The lowest BCUT2D eigenvalue weighted by atomic mass is 10.0. The molecule has 8 nitrogen and oxygen atoms in total. The van der Waals surface area contributed by atoms with Crippen molar-refractivity contribution in [3.63, 3.8) is 0 Å². The Labute approximate surface area is 266 Å². The van der Waals surface area contributed by atoms with E-state index < -0.39 is 28.5 Å². The standard InChI is InChI=1S/C36H41N3O5S/c1-5-28(3)37-36(41)34(24-29-13-8-6-9-14-29)38(25-30-15-12-18-32(23-30)44-4)35(40)26-39(31-16-10-7-11-17-31)45(42,43)33-21-19-27(2)20-22-33/h6-23,28,34H,5,24-26H2,1-4H3,(H,37,41)/t28-,34-/m0/s1. The number of carbonyl (C=O) groups is 2. The van der Waals surface area contributed by atoms with Gasteiger partial charge < -0.3 is 15.0 Å². The van der Waals surface area contributed by atoms with E-state index >= 15 is 0 Å². The Kier molecular flexibility index (Phi) is 11.4. The van der Waals surface area contributed by atoms with Crippen LogP contribution in [-0.2, 0) is 32.6 Å². The summed E-state index contributed by atoms with van der Waals surface area (Å²) in [7, 11) is -2.58. The first kappa shape index (κ1) is 33.3. The zero-order valence-electron chi connectivity index (χ0n) is 26.2. The molecule has 1 N–H and O–H groups in total. The number of para-hydroxylation sites is 1. The van der Waals surface area contributed by atoms with Crippen molar-refractivity contribution >= 4 is 27.5 Å². The number of amides is 2. The van der Waals surface area contributed by atoms with Gasteiger partial charge in [-0.2, -0.15) is 0 Å². The van der Waals surface area contributed by atoms with Gasteiger partial charge in [-0.05, 0) is 67.8 Å². The lowest BCUT2D eigenvalue weighted by molar-refractivity contribution is -0.140. The van der Waals surface area contributed by atoms with Gasteiger partial charge in [0, 0.05) is 19.0 Å². The molecule has 2 amide bonds. The van der Waals surface area contributed by atoms with Gasteiger partial charge in [0.25, 0.3) is 10.0 Å². The number of nitrogens with zero attached hydrogens (tertiary/aromatic N) is 2. The summed E-state index contributed by atoms with van der Waals surface area (Å²) in [6, 6.07) is 30.8. The molecule has 0 aromatic heterocycles. The normalized spacial score (nSPS) is 12.5. The van der Waals surface area contributed by atoms with E-state index in [9.17, 15) is 18.0 Å². The second kappa shape index (κ2) is 15.4. The van der Waals surface area contributed by atoms with E-state index in [2.05, 4.69) is 5.32 Å². The number of hydrogen-bond donors (Lipinski definition) is 1. The fourth-order valence-electron chi connectivity index (χ4n) is 4.92. The van der Waals surface area contributed by atoms with Crippen LogP contribution in [-0.4, -0.2) is 50.9 Å². The molecule has 0 bridgehead atoms. The minimum absolute atomic E-state index is 0.0642. The van der Waals surface area contributed by atoms with Gasteiger partial charge >= 0.3 is 0 Å². The van der Waals surface area contributed by atoms with Crippen LogP contribution in [0.4, 0.5) is 5.69 Å². The van der Waals surface area contributed by atoms with Crippen LogP contribution in [0, 0.1) is 6.92 Å². The van der Waals surface area contributed by atoms with Crippen LogP contribution in [0.1, 0.15) is 37.0 Å². The van der Waals surface area contributed by atoms with Gasteiger partial charge in [0.05, 0.1) is 17.7 Å². The Hall–Kier alpha value is -4.63. The van der Waals surface area contributed by atoms with Gasteiger partial charge in [-0.1, -0.05) is 85.3 Å². The van der Waals surface area contributed by atoms with Gasteiger partial charge in [0.2, 0.25) is 11.8 Å². The highest BCUT2D eigenvalue weighted by atomic mass is 32.2. The molecule has 0 saturated heterocycles. The van der Waals surface area contributed by atoms with Crippen molar-refractivity contribution < 1.29 is 22.7 Å². The maximum atomic E-state index is 14.5. The maximum Gasteiger partial charge on any atom is 0.264 e. The zero-order valence-corrected chi connectivity index (χ0v) is 27.0. The Morgan fingerprint density at radius 1 is 0.844 bits per heavy atom. The summed E-state index contributed by atoms with van der Waals surface area (Å²) >= 11 is 0. The molecule has 9 heteroatoms. The molecular weight excluding hydrogens is 586 g/mol. The van der Waals surface area contributed by atoms with Crippen molar-refractivity contribution in [3.05, 3.63) is 126 Å². The van der Waals surface area contributed by atoms with Crippen LogP contribution in [0.5, 0.6) is 5.75 Å². The van der Waals surface area contributed by atoms with Crippen molar-refractivity contribution in [2.45, 2.75) is 57.1 Å². The number of benzene rings is 4. The average Bonchev–Trinajstić information content (AvgIpc) is 3.06. The van der Waals surface area contributed by atoms with Gasteiger partial charge in [0.1, 0.15) is 18.3 Å². The van der Waals surface area contributed by atoms with Crippen LogP contribution >= 0.6 is 0 Å². The molecule has 4 aromatic rings. The third kappa shape index (κ3) is 8.73. The summed E-state index contributed by atoms with van der Waals surface area (Å²) in [4.78, 5) is 30.0. The average molecular weight is 628 g/mol. The number of nitrogens with one attached hydrogen (secondary N) is 1. The minimum Gasteiger partial charge on any atom is -0.497 e. The highest BCUT2D eigenvalue weighted by Crippen LogP contribution is 2.25. The van der Waals surface area contributed by atoms with E-state index in [0.717, 1.165) is 21.0 Å². The molecule has 45 heavy (non-hydrogen) atoms. The predicted octanol–water partition coefficient (Wildman–Crippen LogP) is 5.75. The van der Waals surface area contributed by atoms with Crippen LogP contribution in [0.3, 0.4) is 0 Å². The van der Waals surface area contributed by atoms with Gasteiger partial charge in [-0.3, -0.25) is 13.9 Å². The molecule has 0 aliphatic heterocycles. The summed E-state index contributed by atoms with van der Waals surface area (Å²) in [5.74, 6) is -0.217. The van der Waals surface area contributed by atoms with Gasteiger partial charge in [0.15, 0.2) is 0 Å². The van der Waals surface area contributed by atoms with E-state index in [0.29, 0.717) is 17.9 Å². The number of sulfonamides is 1. The third-order valence-corrected chi connectivity index (χ3v) is 9.48. The summed E-state index contributed by atoms with van der Waals surface area (Å²) in [6.07, 6.45) is 0.957. The van der Waals surface area contributed by atoms with E-state index in [4.69, 9.17) is 4.74 Å². The van der Waals surface area contributed by atoms with Gasteiger partial charge in [-0.15, -0.1) is 0 Å². The topological polar surface area (TPSA) is 96.0 Å². The van der Waals surface area contributed by atoms with Crippen LogP contribution in [0.15, 0.2) is 114 Å². The van der Waals surface area contributed by atoms with E-state index in [1.54, 1.807) is 55.6 Å². The Morgan fingerprint density at radius 3 is 2.09 bits per heavy atom. The number of aryl methyl sites for hydroxylation is 1. The SMILES string of the molecule is CC[C@H](C)NC(=O)[C@H](Cc1ccccc1)N(Cc1cccc(OC)c1)C(=O)CN(c1ccccc1)S(=O)(=O)c1ccc(C)cc1. The first-order valence-electron chi connectivity index (χ1n) is 15.0. The van der Waals surface area contributed by atoms with E-state index in [1.165, 1.54) is 17.0 Å². The quantitative estimate of drug-likeness (QED) is 0.192. The lowest BCUT2D eigenvalue weighted by Crippen LogP contribution is -2.54. The van der Waals surface area contributed by atoms with Crippen molar-refractivity contribution in [3.8, 4) is 5.75 Å². The monoisotopic (exact) mass is 627 g/mol. The summed E-state index contributed by atoms with van der Waals surface area (Å²) < 4.78 is 34.7. The minimum atomic E-state index is -4.15. The summed E-state index contributed by atoms with van der Waals surface area (Å²) in [5, 5.41) is 3.05. The molecule has 0 aliphatic rings. The molecule has 0 unspecified atom stereocenters. The number of ether oxygens (including phenoxy) is 1. The highest BCUT2D eigenvalue weighted by molar-refractivity contribution is 7.92. The third-order valence-electron chi connectivity index (χ3n) is 7.69. The Balaban J connectivity index is 1.80. The fourth-order valence-corrected chi connectivity index (χ4v) is 6.34. The molecule has 236 valence electrons. The smallest absolute Gasteiger partial charge is 0.264 e. The van der Waals surface area contributed by atoms with Crippen molar-refractivity contribution in [2.24, 2.45) is 0 Å². The second-order valence-electron chi connectivity index (χ2n) is 11.1. The van der Waals surface area contributed by atoms with Crippen LogP contribution < -0.4 is 14.4 Å². The number of rotatable bonds is 14. The fraction of sp³-hybridized carbons (Fsp3) is 0.278. The molecule has 0 aliphatic carbocycles. The van der Waals surface area contributed by atoms with Crippen LogP contribution in [0.2, 0.25) is 0 Å². The maximum absolute atomic E-state index is 14.5. The second-order valence-corrected chi connectivity index (χ2v) is 12.9. The van der Waals surface area contributed by atoms with E-state index in [-0.39, 0.29) is 29.8 Å². The van der Waals surface area contributed by atoms with E-state index in [1.807, 2.05) is 69.3 Å². The summed E-state index contributed by atoms with van der Waals surface area (Å²) in [6.45, 7) is 5.32. The molecule has 2 atom stereocenters. The molecule has 0 spiro atoms. The molecule has 4 aromatic carbocycles. The predicted molar refractivity (Wildman–Crippen MR) is 178 cm³/mol. The lowest BCUT2D eigenvalue weighted by Gasteiger charge is -2.34. The largest absolute Gasteiger partial charge is 0.497 e. The molecule has 0 saturated carbocycles. The molecule has 0 heterocycles. The molecule has 0 radical (unpaired) electrons. The Bertz CT molecular complexity index is 1660. The van der Waals surface area contributed by atoms with Crippen molar-refractivity contribution in [1.29, 1.82) is 0 Å². The number of hydrogen-bond acceptors (Lipinski definition) is 5.